The molecular formula is C44H86NO12P. The van der Waals surface area contributed by atoms with E-state index < -0.39 is 75.2 Å². The number of rotatable bonds is 38. The highest BCUT2D eigenvalue weighted by Crippen LogP contribution is 2.47. The van der Waals surface area contributed by atoms with Crippen LogP contribution in [0.15, 0.2) is 12.2 Å². The molecule has 8 unspecified atom stereocenters. The van der Waals surface area contributed by atoms with Gasteiger partial charge < -0.3 is 46.0 Å². The molecule has 58 heavy (non-hydrogen) atoms. The Morgan fingerprint density at radius 2 is 0.983 bits per heavy atom. The van der Waals surface area contributed by atoms with Crippen LogP contribution in [-0.4, -0.2) is 108 Å². The average molecular weight is 852 g/mol. The molecule has 1 amide bonds. The number of aliphatic hydroxyl groups is 7. The number of nitrogens with one attached hydrogen (secondary N) is 1. The molecule has 0 aromatic carbocycles. The molecular weight excluding hydrogens is 765 g/mol. The van der Waals surface area contributed by atoms with Crippen LogP contribution < -0.4 is 5.32 Å². The molecule has 14 heteroatoms. The summed E-state index contributed by atoms with van der Waals surface area (Å²) in [5.74, 6) is -0.592. The zero-order valence-electron chi connectivity index (χ0n) is 36.2. The van der Waals surface area contributed by atoms with Crippen molar-refractivity contribution in [1.29, 1.82) is 0 Å². The maximum atomic E-state index is 13.0. The molecule has 0 aliphatic heterocycles. The van der Waals surface area contributed by atoms with Crippen LogP contribution in [0.2, 0.25) is 0 Å². The van der Waals surface area contributed by atoms with Crippen molar-refractivity contribution >= 4 is 13.7 Å². The third kappa shape index (κ3) is 26.4. The smallest absolute Gasteiger partial charge is 0.393 e. The Balaban J connectivity index is 2.47. The summed E-state index contributed by atoms with van der Waals surface area (Å²) in [5.41, 5.74) is 0. The van der Waals surface area contributed by atoms with Crippen molar-refractivity contribution in [3.63, 3.8) is 0 Å². The Morgan fingerprint density at radius 3 is 1.41 bits per heavy atom. The Labute approximate surface area is 351 Å². The van der Waals surface area contributed by atoms with Gasteiger partial charge in [0.15, 0.2) is 0 Å². The van der Waals surface area contributed by atoms with Gasteiger partial charge in [0.1, 0.15) is 36.6 Å². The molecule has 0 aromatic heterocycles. The second kappa shape index (κ2) is 34.6. The molecule has 0 bridgehead atoms. The van der Waals surface area contributed by atoms with Crippen LogP contribution in [0.3, 0.4) is 0 Å². The first-order valence-electron chi connectivity index (χ1n) is 23.2. The van der Waals surface area contributed by atoms with Gasteiger partial charge in [0.25, 0.3) is 0 Å². The predicted octanol–water partition coefficient (Wildman–Crippen LogP) is 7.42. The Morgan fingerprint density at radius 1 is 0.603 bits per heavy atom. The van der Waals surface area contributed by atoms with E-state index in [2.05, 4.69) is 19.2 Å². The number of carbonyl (C=O) groups is 1. The normalized spacial score (nSPS) is 23.8. The summed E-state index contributed by atoms with van der Waals surface area (Å²) in [6, 6.07) is -1.23. The number of unbranched alkanes of at least 4 members (excludes halogenated alkanes) is 25. The molecule has 0 aromatic rings. The number of aliphatic hydroxyl groups excluding tert-OH is 7. The summed E-state index contributed by atoms with van der Waals surface area (Å²) in [5, 5.41) is 74.3. The lowest BCUT2D eigenvalue weighted by atomic mass is 9.85. The molecule has 9 N–H and O–H groups in total. The molecule has 8 atom stereocenters. The highest BCUT2D eigenvalue weighted by Gasteiger charge is 2.51. The van der Waals surface area contributed by atoms with Crippen LogP contribution in [0, 0.1) is 0 Å². The van der Waals surface area contributed by atoms with E-state index in [-0.39, 0.29) is 6.42 Å². The molecule has 1 rings (SSSR count). The predicted molar refractivity (Wildman–Crippen MR) is 229 cm³/mol. The maximum Gasteiger partial charge on any atom is 0.472 e. The fraction of sp³-hybridized carbons (Fsp3) is 0.932. The minimum Gasteiger partial charge on any atom is -0.393 e. The lowest BCUT2D eigenvalue weighted by Crippen LogP contribution is -2.64. The van der Waals surface area contributed by atoms with Crippen LogP contribution in [0.5, 0.6) is 0 Å². The van der Waals surface area contributed by atoms with E-state index in [1.165, 1.54) is 128 Å². The fourth-order valence-corrected chi connectivity index (χ4v) is 8.50. The van der Waals surface area contributed by atoms with Crippen molar-refractivity contribution in [3.8, 4) is 0 Å². The summed E-state index contributed by atoms with van der Waals surface area (Å²) in [6.07, 6.45) is 21.8. The lowest BCUT2D eigenvalue weighted by Gasteiger charge is -2.41. The Bertz CT molecular complexity index is 1050. The van der Waals surface area contributed by atoms with Gasteiger partial charge in [-0.1, -0.05) is 187 Å². The van der Waals surface area contributed by atoms with Crippen molar-refractivity contribution < 1.29 is 59.0 Å². The summed E-state index contributed by atoms with van der Waals surface area (Å²) in [7, 11) is -5.13. The van der Waals surface area contributed by atoms with E-state index in [0.29, 0.717) is 12.8 Å². The minimum atomic E-state index is -5.13. The second-order valence-electron chi connectivity index (χ2n) is 16.8. The molecule has 344 valence electrons. The largest absolute Gasteiger partial charge is 0.472 e. The number of phosphoric acid groups is 1. The summed E-state index contributed by atoms with van der Waals surface area (Å²) in [4.78, 5) is 23.4. The number of phosphoric ester groups is 1. The monoisotopic (exact) mass is 852 g/mol. The molecule has 0 spiro atoms. The van der Waals surface area contributed by atoms with Gasteiger partial charge in [-0.15, -0.1) is 0 Å². The molecule has 0 saturated heterocycles. The molecule has 1 fully saturated rings. The van der Waals surface area contributed by atoms with Gasteiger partial charge in [-0.2, -0.15) is 0 Å². The molecule has 0 heterocycles. The summed E-state index contributed by atoms with van der Waals surface area (Å²) >= 11 is 0. The van der Waals surface area contributed by atoms with Crippen molar-refractivity contribution in [1.82, 2.24) is 5.32 Å². The van der Waals surface area contributed by atoms with Crippen molar-refractivity contribution in [2.75, 3.05) is 6.61 Å². The third-order valence-electron chi connectivity index (χ3n) is 11.4. The van der Waals surface area contributed by atoms with Crippen molar-refractivity contribution in [3.05, 3.63) is 12.2 Å². The Kier molecular flexibility index (Phi) is 32.9. The van der Waals surface area contributed by atoms with Crippen molar-refractivity contribution in [2.24, 2.45) is 0 Å². The molecule has 1 aliphatic carbocycles. The average Bonchev–Trinajstić information content (AvgIpc) is 3.19. The topological polar surface area (TPSA) is 226 Å². The van der Waals surface area contributed by atoms with Gasteiger partial charge >= 0.3 is 7.82 Å². The Hall–Kier alpha value is -0.960. The van der Waals surface area contributed by atoms with E-state index in [1.807, 2.05) is 0 Å². The summed E-state index contributed by atoms with van der Waals surface area (Å²) < 4.78 is 22.8. The van der Waals surface area contributed by atoms with E-state index >= 15 is 0 Å². The van der Waals surface area contributed by atoms with Gasteiger partial charge in [-0.3, -0.25) is 13.8 Å². The number of hydrogen-bond donors (Lipinski definition) is 9. The number of hydrogen-bond acceptors (Lipinski definition) is 11. The third-order valence-corrected chi connectivity index (χ3v) is 12.4. The van der Waals surface area contributed by atoms with Gasteiger partial charge in [-0.25, -0.2) is 4.57 Å². The highest BCUT2D eigenvalue weighted by atomic mass is 31.2. The first-order chi connectivity index (χ1) is 27.8. The van der Waals surface area contributed by atoms with Gasteiger partial charge in [-0.05, 0) is 19.3 Å². The number of carbonyl (C=O) groups excluding carboxylic acids is 1. The lowest BCUT2D eigenvalue weighted by molar-refractivity contribution is -0.220. The molecule has 0 radical (unpaired) electrons. The van der Waals surface area contributed by atoms with Crippen LogP contribution in [0.1, 0.15) is 200 Å². The van der Waals surface area contributed by atoms with E-state index in [9.17, 15) is 50.0 Å². The maximum absolute atomic E-state index is 13.0. The van der Waals surface area contributed by atoms with E-state index in [0.717, 1.165) is 44.9 Å². The zero-order valence-corrected chi connectivity index (χ0v) is 37.1. The standard InChI is InChI=1S/C44H86NO12P/c1-3-5-7-9-11-13-15-16-17-18-19-20-21-22-23-25-27-29-31-35(46)33-38(48)45-36(37(47)32-30-28-26-24-14-12-10-8-6-4-2)34-56-58(54,55)57-44-42(52)40(50)39(49)41(51)43(44)53/h30,32,35-37,39-44,46-47,49-53H,3-29,31,33-34H2,1-2H3,(H,45,48)(H,54,55)/b32-30+. The zero-order chi connectivity index (χ0) is 43.0. The van der Waals surface area contributed by atoms with Crippen LogP contribution in [0.4, 0.5) is 0 Å². The minimum absolute atomic E-state index is 0.240. The van der Waals surface area contributed by atoms with Gasteiger partial charge in [0.2, 0.25) is 5.91 Å². The summed E-state index contributed by atoms with van der Waals surface area (Å²) in [6.45, 7) is 3.71. The quantitative estimate of drug-likeness (QED) is 0.0168. The molecule has 1 saturated carbocycles. The number of allylic oxidation sites excluding steroid dienone is 1. The fourth-order valence-electron chi connectivity index (χ4n) is 7.54. The molecule has 1 aliphatic rings. The highest BCUT2D eigenvalue weighted by molar-refractivity contribution is 7.47. The second-order valence-corrected chi connectivity index (χ2v) is 18.2. The number of amides is 1. The van der Waals surface area contributed by atoms with Gasteiger partial charge in [0, 0.05) is 0 Å². The SMILES string of the molecule is CCCCCCCCCC/C=C/C(O)C(COP(=O)(O)OC1C(O)C(O)C(O)C(O)C1O)NC(=O)CC(O)CCCCCCCCCCCCCCCCCCCC. The van der Waals surface area contributed by atoms with E-state index in [4.69, 9.17) is 9.05 Å². The van der Waals surface area contributed by atoms with Crippen LogP contribution in [-0.2, 0) is 18.4 Å². The first-order valence-corrected chi connectivity index (χ1v) is 24.7. The van der Waals surface area contributed by atoms with Crippen molar-refractivity contribution in [2.45, 2.75) is 255 Å². The van der Waals surface area contributed by atoms with E-state index in [1.54, 1.807) is 6.08 Å². The first kappa shape index (κ1) is 55.1. The van der Waals surface area contributed by atoms with Crippen LogP contribution in [0.25, 0.3) is 0 Å². The molecule has 13 nitrogen and oxygen atoms in total. The van der Waals surface area contributed by atoms with Crippen LogP contribution >= 0.6 is 7.82 Å². The van der Waals surface area contributed by atoms with Gasteiger partial charge in [0.05, 0.1) is 31.3 Å².